The van der Waals surface area contributed by atoms with Crippen LogP contribution in [0.5, 0.6) is 0 Å². The molecule has 3 nitrogen and oxygen atoms in total. The van der Waals surface area contributed by atoms with Crippen LogP contribution in [0, 0.1) is 5.41 Å². The SMILES string of the molecule is CC1(C)CCCC(CN)(NCC2(C)CCCO2)C1. The fraction of sp³-hybridized carbons (Fsp3) is 1.00. The first kappa shape index (κ1) is 14.3. The van der Waals surface area contributed by atoms with Crippen molar-refractivity contribution in [2.24, 2.45) is 11.1 Å². The van der Waals surface area contributed by atoms with Gasteiger partial charge in [-0.25, -0.2) is 0 Å². The van der Waals surface area contributed by atoms with Crippen LogP contribution in [0.25, 0.3) is 0 Å². The fourth-order valence-electron chi connectivity index (χ4n) is 3.75. The summed E-state index contributed by atoms with van der Waals surface area (Å²) < 4.78 is 5.87. The summed E-state index contributed by atoms with van der Waals surface area (Å²) in [6.07, 6.45) is 7.37. The first-order valence-corrected chi connectivity index (χ1v) is 7.48. The van der Waals surface area contributed by atoms with E-state index in [0.29, 0.717) is 5.41 Å². The third-order valence-corrected chi connectivity index (χ3v) is 4.85. The van der Waals surface area contributed by atoms with Crippen molar-refractivity contribution in [3.8, 4) is 0 Å². The summed E-state index contributed by atoms with van der Waals surface area (Å²) in [5, 5.41) is 3.77. The highest BCUT2D eigenvalue weighted by Gasteiger charge is 2.40. The number of rotatable bonds is 4. The highest BCUT2D eigenvalue weighted by Crippen LogP contribution is 2.41. The predicted molar refractivity (Wildman–Crippen MR) is 75.6 cm³/mol. The molecule has 2 fully saturated rings. The molecule has 0 spiro atoms. The zero-order valence-electron chi connectivity index (χ0n) is 12.3. The second-order valence-corrected chi connectivity index (χ2v) is 7.43. The summed E-state index contributed by atoms with van der Waals surface area (Å²) >= 11 is 0. The number of ether oxygens (including phenoxy) is 1. The molecule has 0 bridgehead atoms. The number of hydrogen-bond acceptors (Lipinski definition) is 3. The maximum absolute atomic E-state index is 6.08. The normalized spacial score (nSPS) is 40.0. The Bertz CT molecular complexity index is 284. The highest BCUT2D eigenvalue weighted by atomic mass is 16.5. The molecule has 2 rings (SSSR count). The van der Waals surface area contributed by atoms with Gasteiger partial charge < -0.3 is 15.8 Å². The van der Waals surface area contributed by atoms with Crippen molar-refractivity contribution in [1.29, 1.82) is 0 Å². The molecular weight excluding hydrogens is 224 g/mol. The molecular formula is C15H30N2O. The van der Waals surface area contributed by atoms with Crippen molar-refractivity contribution in [1.82, 2.24) is 5.32 Å². The minimum atomic E-state index is 0.0315. The monoisotopic (exact) mass is 254 g/mol. The molecule has 2 unspecified atom stereocenters. The Labute approximate surface area is 112 Å². The van der Waals surface area contributed by atoms with Gasteiger partial charge in [0.05, 0.1) is 5.60 Å². The molecule has 0 aromatic carbocycles. The molecule has 1 saturated carbocycles. The van der Waals surface area contributed by atoms with E-state index < -0.39 is 0 Å². The first-order valence-electron chi connectivity index (χ1n) is 7.48. The maximum Gasteiger partial charge on any atom is 0.0779 e. The Morgan fingerprint density at radius 1 is 1.11 bits per heavy atom. The van der Waals surface area contributed by atoms with Crippen LogP contribution in [0.1, 0.15) is 59.3 Å². The molecule has 2 atom stereocenters. The first-order chi connectivity index (χ1) is 8.39. The molecule has 1 saturated heterocycles. The standard InChI is InChI=1S/C15H30N2O/c1-13(2)6-4-8-15(10-13,11-16)17-12-14(3)7-5-9-18-14/h17H,4-12,16H2,1-3H3. The molecule has 0 amide bonds. The molecule has 0 radical (unpaired) electrons. The average molecular weight is 254 g/mol. The lowest BCUT2D eigenvalue weighted by molar-refractivity contribution is 0.00693. The number of nitrogens with two attached hydrogens (primary N) is 1. The van der Waals surface area contributed by atoms with Gasteiger partial charge in [0, 0.05) is 25.2 Å². The van der Waals surface area contributed by atoms with Crippen LogP contribution in [0.15, 0.2) is 0 Å². The van der Waals surface area contributed by atoms with Gasteiger partial charge in [0.15, 0.2) is 0 Å². The van der Waals surface area contributed by atoms with Gasteiger partial charge in [-0.3, -0.25) is 0 Å². The van der Waals surface area contributed by atoms with Crippen LogP contribution in [0.2, 0.25) is 0 Å². The molecule has 3 N–H and O–H groups in total. The van der Waals surface area contributed by atoms with Crippen molar-refractivity contribution in [3.05, 3.63) is 0 Å². The van der Waals surface area contributed by atoms with E-state index in [-0.39, 0.29) is 11.1 Å². The van der Waals surface area contributed by atoms with Crippen molar-refractivity contribution in [2.45, 2.75) is 70.4 Å². The van der Waals surface area contributed by atoms with E-state index in [1.165, 1.54) is 38.5 Å². The van der Waals surface area contributed by atoms with Gasteiger partial charge >= 0.3 is 0 Å². The maximum atomic E-state index is 6.08. The Kier molecular flexibility index (Phi) is 4.05. The van der Waals surface area contributed by atoms with E-state index >= 15 is 0 Å². The lowest BCUT2D eigenvalue weighted by Gasteiger charge is -2.46. The van der Waals surface area contributed by atoms with Crippen LogP contribution in [-0.2, 0) is 4.74 Å². The van der Waals surface area contributed by atoms with Gasteiger partial charge in [-0.2, -0.15) is 0 Å². The Morgan fingerprint density at radius 3 is 2.44 bits per heavy atom. The Hall–Kier alpha value is -0.120. The van der Waals surface area contributed by atoms with E-state index in [9.17, 15) is 0 Å². The quantitative estimate of drug-likeness (QED) is 0.810. The largest absolute Gasteiger partial charge is 0.374 e. The molecule has 0 aromatic rings. The van der Waals surface area contributed by atoms with E-state index in [0.717, 1.165) is 19.7 Å². The topological polar surface area (TPSA) is 47.3 Å². The van der Waals surface area contributed by atoms with Gasteiger partial charge in [-0.1, -0.05) is 20.3 Å². The smallest absolute Gasteiger partial charge is 0.0779 e. The van der Waals surface area contributed by atoms with Crippen molar-refractivity contribution in [2.75, 3.05) is 19.7 Å². The van der Waals surface area contributed by atoms with E-state index in [1.54, 1.807) is 0 Å². The summed E-state index contributed by atoms with van der Waals surface area (Å²) in [4.78, 5) is 0. The Morgan fingerprint density at radius 2 is 1.89 bits per heavy atom. The molecule has 1 aliphatic carbocycles. The van der Waals surface area contributed by atoms with E-state index in [2.05, 4.69) is 26.1 Å². The van der Waals surface area contributed by atoms with Crippen LogP contribution >= 0.6 is 0 Å². The number of hydrogen-bond donors (Lipinski definition) is 2. The molecule has 1 aliphatic heterocycles. The molecule has 3 heteroatoms. The lowest BCUT2D eigenvalue weighted by atomic mass is 9.68. The van der Waals surface area contributed by atoms with Gasteiger partial charge in [0.1, 0.15) is 0 Å². The summed E-state index contributed by atoms with van der Waals surface area (Å²) in [7, 11) is 0. The number of nitrogens with one attached hydrogen (secondary N) is 1. The third kappa shape index (κ3) is 3.25. The second kappa shape index (κ2) is 5.10. The fourth-order valence-corrected chi connectivity index (χ4v) is 3.75. The molecule has 106 valence electrons. The summed E-state index contributed by atoms with van der Waals surface area (Å²) in [5.74, 6) is 0. The lowest BCUT2D eigenvalue weighted by Crippen LogP contribution is -2.58. The Balaban J connectivity index is 1.95. The van der Waals surface area contributed by atoms with Gasteiger partial charge in [-0.15, -0.1) is 0 Å². The van der Waals surface area contributed by atoms with Crippen LogP contribution in [0.4, 0.5) is 0 Å². The molecule has 0 aromatic heterocycles. The molecule has 18 heavy (non-hydrogen) atoms. The second-order valence-electron chi connectivity index (χ2n) is 7.43. The van der Waals surface area contributed by atoms with Crippen molar-refractivity contribution >= 4 is 0 Å². The van der Waals surface area contributed by atoms with E-state index in [1.807, 2.05) is 0 Å². The van der Waals surface area contributed by atoms with Crippen molar-refractivity contribution in [3.63, 3.8) is 0 Å². The average Bonchev–Trinajstić information content (AvgIpc) is 2.73. The molecule has 1 heterocycles. The van der Waals surface area contributed by atoms with Crippen LogP contribution in [0.3, 0.4) is 0 Å². The predicted octanol–water partition coefficient (Wildman–Crippen LogP) is 2.44. The minimum Gasteiger partial charge on any atom is -0.374 e. The third-order valence-electron chi connectivity index (χ3n) is 4.85. The zero-order chi connectivity index (χ0) is 13.3. The summed E-state index contributed by atoms with van der Waals surface area (Å²) in [6, 6.07) is 0. The van der Waals surface area contributed by atoms with E-state index in [4.69, 9.17) is 10.5 Å². The summed E-state index contributed by atoms with van der Waals surface area (Å²) in [6.45, 7) is 9.56. The molecule has 2 aliphatic rings. The van der Waals surface area contributed by atoms with Crippen LogP contribution in [-0.4, -0.2) is 30.8 Å². The van der Waals surface area contributed by atoms with Gasteiger partial charge in [-0.05, 0) is 44.4 Å². The minimum absolute atomic E-state index is 0.0315. The highest BCUT2D eigenvalue weighted by molar-refractivity contribution is 4.99. The van der Waals surface area contributed by atoms with Gasteiger partial charge in [0.2, 0.25) is 0 Å². The van der Waals surface area contributed by atoms with Gasteiger partial charge in [0.25, 0.3) is 0 Å². The zero-order valence-corrected chi connectivity index (χ0v) is 12.3. The van der Waals surface area contributed by atoms with Crippen molar-refractivity contribution < 1.29 is 4.74 Å². The van der Waals surface area contributed by atoms with Crippen LogP contribution < -0.4 is 11.1 Å². The summed E-state index contributed by atoms with van der Waals surface area (Å²) in [5.41, 5.74) is 6.67.